The zero-order valence-corrected chi connectivity index (χ0v) is 29.6. The van der Waals surface area contributed by atoms with Gasteiger partial charge in [-0.25, -0.2) is 0 Å². The summed E-state index contributed by atoms with van der Waals surface area (Å²) in [6.45, 7) is 15.3. The third-order valence-electron chi connectivity index (χ3n) is 6.63. The predicted molar refractivity (Wildman–Crippen MR) is 167 cm³/mol. The Labute approximate surface area is 285 Å². The molecule has 8 nitrogen and oxygen atoms in total. The van der Waals surface area contributed by atoms with Crippen LogP contribution in [0.5, 0.6) is 17.2 Å². The minimum absolute atomic E-state index is 0. The van der Waals surface area contributed by atoms with Crippen LogP contribution < -0.4 is 48.9 Å². The van der Waals surface area contributed by atoms with Crippen molar-refractivity contribution in [3.8, 4) is 17.2 Å². The van der Waals surface area contributed by atoms with Crippen LogP contribution >= 0.6 is 11.7 Å². The molecule has 0 radical (unpaired) electrons. The molecule has 0 aliphatic heterocycles. The maximum Gasteiger partial charge on any atom is 1.00 e. The number of fused-ring (bicyclic) bond motifs is 1. The van der Waals surface area contributed by atoms with Crippen LogP contribution in [0.2, 0.25) is 0 Å². The van der Waals surface area contributed by atoms with Crippen molar-refractivity contribution < 1.29 is 58.5 Å². The number of carboxylic acid groups (broad SMARTS) is 1. The maximum atomic E-state index is 14.2. The van der Waals surface area contributed by atoms with Gasteiger partial charge in [0.1, 0.15) is 11.0 Å². The number of carbonyl (C=O) groups excluding carboxylic acids is 2. The molecule has 0 saturated carbocycles. The molecule has 0 amide bonds. The molecular formula is C34H37N2NaO6S. The Morgan fingerprint density at radius 3 is 1.86 bits per heavy atom. The van der Waals surface area contributed by atoms with Gasteiger partial charge in [-0.1, -0.05) is 18.2 Å². The van der Waals surface area contributed by atoms with Crippen LogP contribution in [0.4, 0.5) is 0 Å². The normalized spacial score (nSPS) is 11.9. The fourth-order valence-electron chi connectivity index (χ4n) is 4.66. The number of hydrogen-bond acceptors (Lipinski definition) is 9. The van der Waals surface area contributed by atoms with E-state index in [1.54, 1.807) is 42.5 Å². The van der Waals surface area contributed by atoms with E-state index in [1.165, 1.54) is 0 Å². The molecular weight excluding hydrogens is 587 g/mol. The molecule has 0 spiro atoms. The summed E-state index contributed by atoms with van der Waals surface area (Å²) in [4.78, 5) is 27.1. The summed E-state index contributed by atoms with van der Waals surface area (Å²) in [5.41, 5.74) is 4.28. The first kappa shape index (κ1) is 35.2. The first-order chi connectivity index (χ1) is 20.3. The van der Waals surface area contributed by atoms with Gasteiger partial charge in [-0.15, -0.1) is 0 Å². The van der Waals surface area contributed by atoms with E-state index in [0.29, 0.717) is 45.0 Å². The van der Waals surface area contributed by atoms with E-state index >= 15 is 0 Å². The molecule has 0 fully saturated rings. The summed E-state index contributed by atoms with van der Waals surface area (Å²) < 4.78 is 26.9. The molecule has 44 heavy (non-hydrogen) atoms. The van der Waals surface area contributed by atoms with Gasteiger partial charge in [-0.3, -0.25) is 4.79 Å². The van der Waals surface area contributed by atoms with E-state index in [9.17, 15) is 14.7 Å². The Kier molecular flexibility index (Phi) is 12.1. The third kappa shape index (κ3) is 8.47. The van der Waals surface area contributed by atoms with Gasteiger partial charge in [0.25, 0.3) is 0 Å². The van der Waals surface area contributed by atoms with Crippen LogP contribution in [0.3, 0.4) is 0 Å². The van der Waals surface area contributed by atoms with Crippen molar-refractivity contribution in [2.45, 2.75) is 80.1 Å². The van der Waals surface area contributed by atoms with Crippen LogP contribution in [-0.2, 0) is 11.2 Å². The second-order valence-corrected chi connectivity index (χ2v) is 11.9. The SMILES string of the molecule is Cc1ccc(C(=O)C(Cc2cc(OC(C)C)c(OC(C)C)c(OC(C)C)c2)=C(C(=O)[O-])c2ccc3nsnc3c2)cc1C.[Na+]. The molecule has 4 rings (SSSR count). The Balaban J connectivity index is 0.00000529. The molecule has 0 aliphatic carbocycles. The number of rotatable bonds is 12. The van der Waals surface area contributed by atoms with Crippen molar-refractivity contribution in [3.63, 3.8) is 0 Å². The quantitative estimate of drug-likeness (QED) is 0.134. The summed E-state index contributed by atoms with van der Waals surface area (Å²) in [6, 6.07) is 13.8. The van der Waals surface area contributed by atoms with E-state index in [4.69, 9.17) is 14.2 Å². The molecule has 1 aromatic heterocycles. The number of ketones is 1. The standard InChI is InChI=1S/C34H38N2O6S.Na/c1-18(2)40-29-15-23(16-30(41-19(3)4)33(29)42-20(5)6)14-26(32(37)25-10-9-21(7)22(8)13-25)31(34(38)39)24-11-12-27-28(17-24)36-43-35-27;/h9-13,15-20H,14H2,1-8H3,(H,38,39);/q;+1/p-1. The summed E-state index contributed by atoms with van der Waals surface area (Å²) in [5, 5.41) is 12.8. The average molecular weight is 625 g/mol. The number of allylic oxidation sites excluding steroid dienone is 1. The maximum absolute atomic E-state index is 14.2. The van der Waals surface area contributed by atoms with E-state index in [-0.39, 0.29) is 65.4 Å². The number of nitrogens with zero attached hydrogens (tertiary/aromatic N) is 2. The number of hydrogen-bond donors (Lipinski definition) is 0. The number of aliphatic carboxylic acids is 1. The van der Waals surface area contributed by atoms with Crippen molar-refractivity contribution >= 4 is 40.1 Å². The Morgan fingerprint density at radius 2 is 1.32 bits per heavy atom. The fraction of sp³-hybridized carbons (Fsp3) is 0.353. The first-order valence-electron chi connectivity index (χ1n) is 14.3. The number of carboxylic acids is 1. The van der Waals surface area contributed by atoms with Crippen LogP contribution in [0.15, 0.2) is 54.1 Å². The number of Topliss-reactive ketones (excluding diaryl/α,β-unsaturated/α-hetero) is 1. The van der Waals surface area contributed by atoms with Gasteiger partial charge in [-0.05, 0) is 108 Å². The monoisotopic (exact) mass is 624 g/mol. The summed E-state index contributed by atoms with van der Waals surface area (Å²) >= 11 is 1.03. The van der Waals surface area contributed by atoms with Crippen LogP contribution in [0.25, 0.3) is 16.6 Å². The predicted octanol–water partition coefficient (Wildman–Crippen LogP) is 3.30. The Hall–Kier alpha value is -3.24. The average Bonchev–Trinajstić information content (AvgIpc) is 3.38. The van der Waals surface area contributed by atoms with E-state index in [1.807, 2.05) is 61.5 Å². The van der Waals surface area contributed by atoms with Gasteiger partial charge >= 0.3 is 29.6 Å². The molecule has 3 aromatic carbocycles. The van der Waals surface area contributed by atoms with Crippen LogP contribution in [0.1, 0.15) is 74.2 Å². The molecule has 0 atom stereocenters. The molecule has 0 bridgehead atoms. The summed E-state index contributed by atoms with van der Waals surface area (Å²) in [6.07, 6.45) is -0.550. The first-order valence-corrected chi connectivity index (χ1v) is 15.0. The van der Waals surface area contributed by atoms with Crippen LogP contribution in [-0.4, -0.2) is 38.8 Å². The molecule has 1 heterocycles. The fourth-order valence-corrected chi connectivity index (χ4v) is 5.18. The van der Waals surface area contributed by atoms with Gasteiger partial charge in [-0.2, -0.15) is 8.75 Å². The zero-order valence-electron chi connectivity index (χ0n) is 26.8. The second kappa shape index (κ2) is 15.2. The molecule has 0 aliphatic rings. The van der Waals surface area contributed by atoms with Gasteiger partial charge in [0, 0.05) is 23.1 Å². The number of aryl methyl sites for hydroxylation is 2. The second-order valence-electron chi connectivity index (χ2n) is 11.3. The van der Waals surface area contributed by atoms with Crippen molar-refractivity contribution in [1.82, 2.24) is 8.75 Å². The van der Waals surface area contributed by atoms with Crippen LogP contribution in [0, 0.1) is 13.8 Å². The van der Waals surface area contributed by atoms with E-state index in [0.717, 1.165) is 22.9 Å². The number of benzene rings is 3. The number of aromatic nitrogens is 2. The molecule has 0 unspecified atom stereocenters. The largest absolute Gasteiger partial charge is 1.00 e. The minimum atomic E-state index is -1.47. The molecule has 10 heteroatoms. The van der Waals surface area contributed by atoms with Crippen molar-refractivity contribution in [2.75, 3.05) is 0 Å². The van der Waals surface area contributed by atoms with Gasteiger partial charge in [0.15, 0.2) is 17.3 Å². The summed E-state index contributed by atoms with van der Waals surface area (Å²) in [5.74, 6) is -0.542. The summed E-state index contributed by atoms with van der Waals surface area (Å²) in [7, 11) is 0. The van der Waals surface area contributed by atoms with Crippen molar-refractivity contribution in [2.24, 2.45) is 0 Å². The van der Waals surface area contributed by atoms with Gasteiger partial charge in [0.2, 0.25) is 5.75 Å². The van der Waals surface area contributed by atoms with Crippen molar-refractivity contribution in [3.05, 3.63) is 81.9 Å². The third-order valence-corrected chi connectivity index (χ3v) is 7.19. The smallest absolute Gasteiger partial charge is 0.545 e. The Bertz CT molecular complexity index is 1660. The van der Waals surface area contributed by atoms with Crippen molar-refractivity contribution in [1.29, 1.82) is 0 Å². The molecule has 0 N–H and O–H groups in total. The number of ether oxygens (including phenoxy) is 3. The topological polar surface area (TPSA) is 111 Å². The van der Waals surface area contributed by atoms with E-state index in [2.05, 4.69) is 8.75 Å². The van der Waals surface area contributed by atoms with Gasteiger partial charge < -0.3 is 24.1 Å². The minimum Gasteiger partial charge on any atom is -0.545 e. The number of carbonyl (C=O) groups is 2. The van der Waals surface area contributed by atoms with E-state index < -0.39 is 11.8 Å². The zero-order chi connectivity index (χ0) is 31.4. The van der Waals surface area contributed by atoms with Gasteiger partial charge in [0.05, 0.1) is 36.0 Å². The molecule has 226 valence electrons. The molecule has 4 aromatic rings. The Morgan fingerprint density at radius 1 is 0.750 bits per heavy atom. The molecule has 0 saturated heterocycles.